The largest absolute Gasteiger partial charge is 0.494 e. The average Bonchev–Trinajstić information content (AvgIpc) is 2.95. The number of rotatable bonds is 7. The van der Waals surface area contributed by atoms with Crippen molar-refractivity contribution >= 4 is 5.69 Å². The molecule has 114 valence electrons. The first-order valence-electron chi connectivity index (χ1n) is 7.26. The molecule has 1 heterocycles. The molecule has 0 spiro atoms. The zero-order valence-corrected chi connectivity index (χ0v) is 12.8. The van der Waals surface area contributed by atoms with Crippen LogP contribution in [0, 0.1) is 0 Å². The van der Waals surface area contributed by atoms with Crippen molar-refractivity contribution in [2.24, 2.45) is 0 Å². The normalized spacial score (nSPS) is 10.9. The van der Waals surface area contributed by atoms with E-state index in [2.05, 4.69) is 28.7 Å². The van der Waals surface area contributed by atoms with E-state index in [-0.39, 0.29) is 6.61 Å². The van der Waals surface area contributed by atoms with E-state index in [0.717, 1.165) is 22.7 Å². The predicted molar refractivity (Wildman–Crippen MR) is 83.5 cm³/mol. The predicted octanol–water partition coefficient (Wildman–Crippen LogP) is 2.97. The van der Waals surface area contributed by atoms with Gasteiger partial charge in [0, 0.05) is 23.5 Å². The van der Waals surface area contributed by atoms with Gasteiger partial charge in [-0.1, -0.05) is 0 Å². The molecule has 2 rings (SSSR count). The van der Waals surface area contributed by atoms with Crippen LogP contribution in [0.3, 0.4) is 0 Å². The van der Waals surface area contributed by atoms with Crippen LogP contribution in [0.25, 0.3) is 0 Å². The van der Waals surface area contributed by atoms with Gasteiger partial charge in [0.15, 0.2) is 0 Å². The van der Waals surface area contributed by atoms with Gasteiger partial charge in [0.05, 0.1) is 31.8 Å². The Morgan fingerprint density at radius 2 is 2.19 bits per heavy atom. The van der Waals surface area contributed by atoms with E-state index in [9.17, 15) is 5.11 Å². The van der Waals surface area contributed by atoms with Crippen molar-refractivity contribution in [1.82, 2.24) is 9.55 Å². The summed E-state index contributed by atoms with van der Waals surface area (Å²) in [5, 5.41) is 12.8. The third-order valence-electron chi connectivity index (χ3n) is 3.31. The minimum Gasteiger partial charge on any atom is -0.494 e. The van der Waals surface area contributed by atoms with Crippen LogP contribution in [0.1, 0.15) is 38.1 Å². The fourth-order valence-corrected chi connectivity index (χ4v) is 2.24. The van der Waals surface area contributed by atoms with Gasteiger partial charge in [0.1, 0.15) is 5.75 Å². The fourth-order valence-electron chi connectivity index (χ4n) is 2.24. The third-order valence-corrected chi connectivity index (χ3v) is 3.31. The molecule has 0 aliphatic rings. The zero-order chi connectivity index (χ0) is 15.2. The second kappa shape index (κ2) is 7.13. The van der Waals surface area contributed by atoms with Crippen LogP contribution in [0.2, 0.25) is 0 Å². The molecule has 0 amide bonds. The summed E-state index contributed by atoms with van der Waals surface area (Å²) < 4.78 is 7.62. The second-order valence-electron chi connectivity index (χ2n) is 5.15. The van der Waals surface area contributed by atoms with Gasteiger partial charge in [0.2, 0.25) is 0 Å². The maximum absolute atomic E-state index is 9.42. The lowest BCUT2D eigenvalue weighted by Crippen LogP contribution is -2.09. The van der Waals surface area contributed by atoms with Crippen molar-refractivity contribution < 1.29 is 9.84 Å². The molecule has 5 heteroatoms. The Morgan fingerprint density at radius 3 is 2.86 bits per heavy atom. The SMILES string of the molecule is CCOc1ccc(NCc2cncn2C(C)C)cc1CO. The van der Waals surface area contributed by atoms with Gasteiger partial charge in [-0.15, -0.1) is 0 Å². The Hall–Kier alpha value is -2.01. The van der Waals surface area contributed by atoms with Crippen LogP contribution in [0.4, 0.5) is 5.69 Å². The summed E-state index contributed by atoms with van der Waals surface area (Å²) in [5.74, 6) is 0.734. The first kappa shape index (κ1) is 15.4. The lowest BCUT2D eigenvalue weighted by Gasteiger charge is -2.14. The first-order chi connectivity index (χ1) is 10.2. The number of anilines is 1. The summed E-state index contributed by atoms with van der Waals surface area (Å²) >= 11 is 0. The fraction of sp³-hybridized carbons (Fsp3) is 0.438. The number of nitrogens with zero attached hydrogens (tertiary/aromatic N) is 2. The van der Waals surface area contributed by atoms with Crippen LogP contribution < -0.4 is 10.1 Å². The van der Waals surface area contributed by atoms with Gasteiger partial charge in [-0.3, -0.25) is 0 Å². The number of ether oxygens (including phenoxy) is 1. The molecule has 0 atom stereocenters. The summed E-state index contributed by atoms with van der Waals surface area (Å²) in [6.45, 7) is 7.44. The monoisotopic (exact) mass is 289 g/mol. The molecular formula is C16H23N3O2. The molecule has 1 aromatic heterocycles. The average molecular weight is 289 g/mol. The highest BCUT2D eigenvalue weighted by Gasteiger charge is 2.07. The van der Waals surface area contributed by atoms with Gasteiger partial charge in [0.25, 0.3) is 0 Å². The molecule has 2 aromatic rings. The lowest BCUT2D eigenvalue weighted by atomic mass is 10.2. The maximum atomic E-state index is 9.42. The molecule has 0 aliphatic carbocycles. The smallest absolute Gasteiger partial charge is 0.124 e. The molecule has 0 aliphatic heterocycles. The highest BCUT2D eigenvalue weighted by atomic mass is 16.5. The van der Waals surface area contributed by atoms with Crippen LogP contribution in [0.5, 0.6) is 5.75 Å². The van der Waals surface area contributed by atoms with Crippen molar-refractivity contribution in [1.29, 1.82) is 0 Å². The molecule has 5 nitrogen and oxygen atoms in total. The van der Waals surface area contributed by atoms with Crippen molar-refractivity contribution in [3.63, 3.8) is 0 Å². The van der Waals surface area contributed by atoms with Crippen LogP contribution in [-0.2, 0) is 13.2 Å². The quantitative estimate of drug-likeness (QED) is 0.822. The summed E-state index contributed by atoms with van der Waals surface area (Å²) in [7, 11) is 0. The standard InChI is InChI=1S/C16H23N3O2/c1-4-21-16-6-5-14(7-13(16)10-20)18-9-15-8-17-11-19(15)12(2)3/h5-8,11-12,18,20H,4,9-10H2,1-3H3. The number of nitrogens with one attached hydrogen (secondary N) is 1. The van der Waals surface area contributed by atoms with Gasteiger partial charge < -0.3 is 19.7 Å². The number of aliphatic hydroxyl groups excluding tert-OH is 1. The highest BCUT2D eigenvalue weighted by molar-refractivity contribution is 5.51. The Balaban J connectivity index is 2.08. The zero-order valence-electron chi connectivity index (χ0n) is 12.8. The number of aromatic nitrogens is 2. The molecule has 1 aromatic carbocycles. The lowest BCUT2D eigenvalue weighted by molar-refractivity contribution is 0.267. The molecular weight excluding hydrogens is 266 g/mol. The molecule has 0 fully saturated rings. The Morgan fingerprint density at radius 1 is 1.38 bits per heavy atom. The van der Waals surface area contributed by atoms with Crippen molar-refractivity contribution in [2.75, 3.05) is 11.9 Å². The van der Waals surface area contributed by atoms with Gasteiger partial charge in [-0.2, -0.15) is 0 Å². The molecule has 21 heavy (non-hydrogen) atoms. The Labute approximate surface area is 125 Å². The second-order valence-corrected chi connectivity index (χ2v) is 5.15. The van der Waals surface area contributed by atoms with E-state index in [1.165, 1.54) is 0 Å². The van der Waals surface area contributed by atoms with Crippen LogP contribution >= 0.6 is 0 Å². The number of hydrogen-bond donors (Lipinski definition) is 2. The van der Waals surface area contributed by atoms with E-state index >= 15 is 0 Å². The van der Waals surface area contributed by atoms with Gasteiger partial charge in [-0.25, -0.2) is 4.98 Å². The van der Waals surface area contributed by atoms with Gasteiger partial charge in [-0.05, 0) is 39.0 Å². The topological polar surface area (TPSA) is 59.3 Å². The number of imidazole rings is 1. The van der Waals surface area contributed by atoms with E-state index in [1.807, 2.05) is 37.6 Å². The molecule has 0 bridgehead atoms. The van der Waals surface area contributed by atoms with Crippen molar-refractivity contribution in [3.8, 4) is 5.75 Å². The molecule has 0 unspecified atom stereocenters. The van der Waals surface area contributed by atoms with Crippen molar-refractivity contribution in [2.45, 2.75) is 40.0 Å². The van der Waals surface area contributed by atoms with E-state index in [0.29, 0.717) is 19.2 Å². The molecule has 0 radical (unpaired) electrons. The third kappa shape index (κ3) is 3.76. The number of hydrogen-bond acceptors (Lipinski definition) is 4. The summed E-state index contributed by atoms with van der Waals surface area (Å²) in [6, 6.07) is 6.15. The van der Waals surface area contributed by atoms with Gasteiger partial charge >= 0.3 is 0 Å². The maximum Gasteiger partial charge on any atom is 0.124 e. The van der Waals surface area contributed by atoms with E-state index in [1.54, 1.807) is 0 Å². The number of aliphatic hydroxyl groups is 1. The Bertz CT molecular complexity index is 579. The van der Waals surface area contributed by atoms with Crippen molar-refractivity contribution in [3.05, 3.63) is 42.0 Å². The van der Waals surface area contributed by atoms with E-state index < -0.39 is 0 Å². The van der Waals surface area contributed by atoms with Crippen LogP contribution in [0.15, 0.2) is 30.7 Å². The molecule has 0 saturated carbocycles. The number of benzene rings is 1. The summed E-state index contributed by atoms with van der Waals surface area (Å²) in [6.07, 6.45) is 3.72. The molecule has 2 N–H and O–H groups in total. The first-order valence-corrected chi connectivity index (χ1v) is 7.26. The summed E-state index contributed by atoms with van der Waals surface area (Å²) in [5.41, 5.74) is 2.88. The summed E-state index contributed by atoms with van der Waals surface area (Å²) in [4.78, 5) is 4.19. The Kier molecular flexibility index (Phi) is 5.22. The van der Waals surface area contributed by atoms with E-state index in [4.69, 9.17) is 4.74 Å². The highest BCUT2D eigenvalue weighted by Crippen LogP contribution is 2.23. The molecule has 0 saturated heterocycles. The minimum atomic E-state index is -0.0330. The minimum absolute atomic E-state index is 0.0330. The van der Waals surface area contributed by atoms with Crippen LogP contribution in [-0.4, -0.2) is 21.3 Å².